The molecule has 2 atom stereocenters. The van der Waals surface area contributed by atoms with E-state index in [9.17, 15) is 12.8 Å². The highest BCUT2D eigenvalue weighted by Crippen LogP contribution is 2.19. The lowest BCUT2D eigenvalue weighted by atomic mass is 9.99. The van der Waals surface area contributed by atoms with Crippen molar-refractivity contribution in [2.75, 3.05) is 19.6 Å². The minimum atomic E-state index is -3.81. The molecule has 1 aliphatic rings. The molecule has 0 amide bonds. The van der Waals surface area contributed by atoms with Gasteiger partial charge in [0.1, 0.15) is 10.7 Å². The average molecular weight is 328 g/mol. The van der Waals surface area contributed by atoms with Crippen molar-refractivity contribution in [3.63, 3.8) is 0 Å². The lowest BCUT2D eigenvalue weighted by Crippen LogP contribution is -2.46. The third-order valence-electron chi connectivity index (χ3n) is 4.26. The normalized spacial score (nSPS) is 21.7. The summed E-state index contributed by atoms with van der Waals surface area (Å²) in [6.45, 7) is 8.24. The Morgan fingerprint density at radius 3 is 2.86 bits per heavy atom. The number of nitrogens with one attached hydrogen (secondary N) is 1. The van der Waals surface area contributed by atoms with Crippen molar-refractivity contribution in [2.24, 2.45) is 5.92 Å². The van der Waals surface area contributed by atoms with E-state index in [0.717, 1.165) is 25.1 Å². The molecule has 1 aliphatic heterocycles. The summed E-state index contributed by atoms with van der Waals surface area (Å²) in [6, 6.07) is 4.22. The zero-order valence-electron chi connectivity index (χ0n) is 13.5. The van der Waals surface area contributed by atoms with Crippen LogP contribution in [-0.2, 0) is 10.0 Å². The van der Waals surface area contributed by atoms with Crippen molar-refractivity contribution >= 4 is 10.0 Å². The lowest BCUT2D eigenvalue weighted by Gasteiger charge is -2.35. The van der Waals surface area contributed by atoms with Crippen LogP contribution in [0.15, 0.2) is 23.1 Å². The van der Waals surface area contributed by atoms with Crippen molar-refractivity contribution in [1.82, 2.24) is 9.62 Å². The van der Waals surface area contributed by atoms with Gasteiger partial charge in [0.2, 0.25) is 10.0 Å². The van der Waals surface area contributed by atoms with E-state index >= 15 is 0 Å². The summed E-state index contributed by atoms with van der Waals surface area (Å²) in [7, 11) is -3.81. The summed E-state index contributed by atoms with van der Waals surface area (Å²) in [4.78, 5) is 2.02. The van der Waals surface area contributed by atoms with Gasteiger partial charge in [-0.05, 0) is 56.8 Å². The molecule has 124 valence electrons. The standard InChI is InChI=1S/C16H25FN2O2S/c1-12-6-7-15(17)16(9-12)22(20,21)18-10-14(3)19-8-4-5-13(2)11-19/h6-7,9,13-14,18H,4-5,8,10-11H2,1-3H3/t13-,14+/m0/s1. The lowest BCUT2D eigenvalue weighted by molar-refractivity contribution is 0.140. The van der Waals surface area contributed by atoms with E-state index in [-0.39, 0.29) is 10.9 Å². The van der Waals surface area contributed by atoms with Gasteiger partial charge in [0, 0.05) is 19.1 Å². The molecule has 1 saturated heterocycles. The van der Waals surface area contributed by atoms with Crippen molar-refractivity contribution < 1.29 is 12.8 Å². The van der Waals surface area contributed by atoms with E-state index in [1.54, 1.807) is 13.0 Å². The summed E-state index contributed by atoms with van der Waals surface area (Å²) in [5.41, 5.74) is 0.722. The van der Waals surface area contributed by atoms with Crippen LogP contribution >= 0.6 is 0 Å². The molecule has 1 aromatic rings. The molecule has 1 heterocycles. The summed E-state index contributed by atoms with van der Waals surface area (Å²) in [5, 5.41) is 0. The molecular formula is C16H25FN2O2S. The molecule has 0 aromatic heterocycles. The Hall–Kier alpha value is -0.980. The van der Waals surface area contributed by atoms with E-state index in [4.69, 9.17) is 0 Å². The number of likely N-dealkylation sites (tertiary alicyclic amines) is 1. The van der Waals surface area contributed by atoms with Crippen LogP contribution in [0.3, 0.4) is 0 Å². The highest BCUT2D eigenvalue weighted by Gasteiger charge is 2.24. The van der Waals surface area contributed by atoms with Crippen LogP contribution in [0.2, 0.25) is 0 Å². The number of rotatable bonds is 5. The first-order chi connectivity index (χ1) is 10.3. The fourth-order valence-corrected chi connectivity index (χ4v) is 4.16. The van der Waals surface area contributed by atoms with Crippen molar-refractivity contribution in [3.8, 4) is 0 Å². The van der Waals surface area contributed by atoms with Gasteiger partial charge in [0.25, 0.3) is 0 Å². The van der Waals surface area contributed by atoms with Gasteiger partial charge >= 0.3 is 0 Å². The smallest absolute Gasteiger partial charge is 0.243 e. The fraction of sp³-hybridized carbons (Fsp3) is 0.625. The first kappa shape index (κ1) is 17.4. The van der Waals surface area contributed by atoms with E-state index in [1.807, 2.05) is 6.92 Å². The Labute approximate surface area is 132 Å². The van der Waals surface area contributed by atoms with Crippen LogP contribution in [0.1, 0.15) is 32.3 Å². The minimum Gasteiger partial charge on any atom is -0.299 e. The van der Waals surface area contributed by atoms with Gasteiger partial charge in [-0.3, -0.25) is 4.90 Å². The molecule has 1 aromatic carbocycles. The maximum atomic E-state index is 13.8. The molecule has 0 spiro atoms. The van der Waals surface area contributed by atoms with Crippen LogP contribution in [0.25, 0.3) is 0 Å². The second-order valence-corrected chi connectivity index (χ2v) is 8.11. The summed E-state index contributed by atoms with van der Waals surface area (Å²) >= 11 is 0. The Morgan fingerprint density at radius 2 is 2.18 bits per heavy atom. The molecule has 0 saturated carbocycles. The molecule has 2 rings (SSSR count). The molecule has 0 aliphatic carbocycles. The predicted molar refractivity (Wildman–Crippen MR) is 85.8 cm³/mol. The van der Waals surface area contributed by atoms with Crippen LogP contribution in [0.4, 0.5) is 4.39 Å². The number of aryl methyl sites for hydroxylation is 1. The van der Waals surface area contributed by atoms with E-state index < -0.39 is 15.8 Å². The molecule has 6 heteroatoms. The first-order valence-corrected chi connectivity index (χ1v) is 9.28. The molecular weight excluding hydrogens is 303 g/mol. The molecule has 1 N–H and O–H groups in total. The van der Waals surface area contributed by atoms with E-state index in [0.29, 0.717) is 12.5 Å². The number of piperidine rings is 1. The molecule has 0 radical (unpaired) electrons. The number of nitrogens with zero attached hydrogens (tertiary/aromatic N) is 1. The SMILES string of the molecule is Cc1ccc(F)c(S(=O)(=O)NC[C@@H](C)N2CCC[C@H](C)C2)c1. The Morgan fingerprint density at radius 1 is 1.45 bits per heavy atom. The largest absolute Gasteiger partial charge is 0.299 e. The quantitative estimate of drug-likeness (QED) is 0.903. The fourth-order valence-electron chi connectivity index (χ4n) is 2.88. The average Bonchev–Trinajstić information content (AvgIpc) is 2.47. The second-order valence-electron chi connectivity index (χ2n) is 6.38. The van der Waals surface area contributed by atoms with Gasteiger partial charge in [0.15, 0.2) is 0 Å². The minimum absolute atomic E-state index is 0.102. The van der Waals surface area contributed by atoms with Gasteiger partial charge in [-0.2, -0.15) is 0 Å². The molecule has 0 unspecified atom stereocenters. The number of sulfonamides is 1. The van der Waals surface area contributed by atoms with Crippen LogP contribution < -0.4 is 4.72 Å². The third kappa shape index (κ3) is 4.27. The first-order valence-electron chi connectivity index (χ1n) is 7.79. The molecule has 0 bridgehead atoms. The summed E-state index contributed by atoms with van der Waals surface area (Å²) in [6.07, 6.45) is 2.37. The molecule has 4 nitrogen and oxygen atoms in total. The Balaban J connectivity index is 2.01. The predicted octanol–water partition coefficient (Wildman–Crippen LogP) is 2.53. The highest BCUT2D eigenvalue weighted by molar-refractivity contribution is 7.89. The zero-order chi connectivity index (χ0) is 16.3. The van der Waals surface area contributed by atoms with Crippen LogP contribution in [0, 0.1) is 18.7 Å². The number of halogens is 1. The Bertz CT molecular complexity index is 619. The second kappa shape index (κ2) is 7.06. The molecule has 1 fully saturated rings. The number of hydrogen-bond acceptors (Lipinski definition) is 3. The summed E-state index contributed by atoms with van der Waals surface area (Å²) in [5.74, 6) is -0.0700. The van der Waals surface area contributed by atoms with Crippen molar-refractivity contribution in [2.45, 2.75) is 44.6 Å². The third-order valence-corrected chi connectivity index (χ3v) is 5.70. The Kier molecular flexibility index (Phi) is 5.58. The summed E-state index contributed by atoms with van der Waals surface area (Å²) < 4.78 is 40.9. The molecule has 22 heavy (non-hydrogen) atoms. The number of benzene rings is 1. The van der Waals surface area contributed by atoms with Crippen LogP contribution in [-0.4, -0.2) is 39.0 Å². The maximum absolute atomic E-state index is 13.8. The monoisotopic (exact) mass is 328 g/mol. The van der Waals surface area contributed by atoms with Gasteiger partial charge in [-0.1, -0.05) is 13.0 Å². The van der Waals surface area contributed by atoms with Gasteiger partial charge in [0.05, 0.1) is 0 Å². The number of hydrogen-bond donors (Lipinski definition) is 1. The zero-order valence-corrected chi connectivity index (χ0v) is 14.3. The van der Waals surface area contributed by atoms with Crippen LogP contribution in [0.5, 0.6) is 0 Å². The van der Waals surface area contributed by atoms with Crippen molar-refractivity contribution in [1.29, 1.82) is 0 Å². The van der Waals surface area contributed by atoms with E-state index in [1.165, 1.54) is 18.6 Å². The van der Waals surface area contributed by atoms with Gasteiger partial charge in [-0.25, -0.2) is 17.5 Å². The van der Waals surface area contributed by atoms with Crippen molar-refractivity contribution in [3.05, 3.63) is 29.6 Å². The highest BCUT2D eigenvalue weighted by atomic mass is 32.2. The van der Waals surface area contributed by atoms with E-state index in [2.05, 4.69) is 16.5 Å². The topological polar surface area (TPSA) is 49.4 Å². The van der Waals surface area contributed by atoms with Gasteiger partial charge in [-0.15, -0.1) is 0 Å². The maximum Gasteiger partial charge on any atom is 0.243 e. The van der Waals surface area contributed by atoms with Gasteiger partial charge < -0.3 is 0 Å².